The van der Waals surface area contributed by atoms with Crippen molar-refractivity contribution in [2.45, 2.75) is 31.5 Å². The van der Waals surface area contributed by atoms with Crippen LogP contribution in [-0.2, 0) is 29.5 Å². The quantitative estimate of drug-likeness (QED) is 0.840. The van der Waals surface area contributed by atoms with Crippen LogP contribution < -0.4 is 5.73 Å². The van der Waals surface area contributed by atoms with Gasteiger partial charge in [-0.15, -0.1) is 0 Å². The Morgan fingerprint density at radius 3 is 2.52 bits per heavy atom. The van der Waals surface area contributed by atoms with Gasteiger partial charge in [-0.1, -0.05) is 31.2 Å². The van der Waals surface area contributed by atoms with Gasteiger partial charge >= 0.3 is 0 Å². The van der Waals surface area contributed by atoms with Crippen LogP contribution in [0.4, 0.5) is 0 Å². The molecule has 6 nitrogen and oxygen atoms in total. The number of aromatic nitrogens is 2. The molecule has 3 N–H and O–H groups in total. The van der Waals surface area contributed by atoms with E-state index in [9.17, 15) is 8.42 Å². The third-order valence-corrected chi connectivity index (χ3v) is 5.07. The summed E-state index contributed by atoms with van der Waals surface area (Å²) in [7, 11) is -2.03. The number of aromatic amines is 1. The fourth-order valence-electron chi connectivity index (χ4n) is 2.06. The number of hydrogen-bond donors (Lipinski definition) is 2. The van der Waals surface area contributed by atoms with Crippen LogP contribution in [0.15, 0.2) is 35.5 Å². The fourth-order valence-corrected chi connectivity index (χ4v) is 3.14. The third-order valence-electron chi connectivity index (χ3n) is 3.36. The molecule has 0 unspecified atom stereocenters. The lowest BCUT2D eigenvalue weighted by Crippen LogP contribution is -2.27. The lowest BCUT2D eigenvalue weighted by atomic mass is 10.1. The molecule has 0 radical (unpaired) electrons. The summed E-state index contributed by atoms with van der Waals surface area (Å²) in [6.45, 7) is 2.57. The summed E-state index contributed by atoms with van der Waals surface area (Å²) in [5.41, 5.74) is 7.53. The summed E-state index contributed by atoms with van der Waals surface area (Å²) >= 11 is 0. The number of H-pyrrole nitrogens is 1. The van der Waals surface area contributed by atoms with Crippen molar-refractivity contribution in [2.75, 3.05) is 7.05 Å². The zero-order valence-electron chi connectivity index (χ0n) is 12.2. The second kappa shape index (κ2) is 6.38. The third kappa shape index (κ3) is 3.31. The molecule has 2 aromatic rings. The highest BCUT2D eigenvalue weighted by atomic mass is 32.2. The van der Waals surface area contributed by atoms with Gasteiger partial charge in [0.05, 0.1) is 6.20 Å². The topological polar surface area (TPSA) is 92.1 Å². The minimum absolute atomic E-state index is 0.118. The normalized spacial score (nSPS) is 12.0. The lowest BCUT2D eigenvalue weighted by molar-refractivity contribution is 0.463. The van der Waals surface area contributed by atoms with Crippen LogP contribution in [-0.4, -0.2) is 29.7 Å². The van der Waals surface area contributed by atoms with E-state index >= 15 is 0 Å². The zero-order valence-corrected chi connectivity index (χ0v) is 13.0. The Morgan fingerprint density at radius 1 is 1.29 bits per heavy atom. The second-order valence-corrected chi connectivity index (χ2v) is 6.79. The predicted octanol–water partition coefficient (Wildman–Crippen LogP) is 1.25. The number of rotatable bonds is 6. The molecule has 1 aromatic carbocycles. The van der Waals surface area contributed by atoms with E-state index < -0.39 is 10.0 Å². The van der Waals surface area contributed by atoms with Gasteiger partial charge in [0, 0.05) is 26.6 Å². The van der Waals surface area contributed by atoms with E-state index in [0.717, 1.165) is 11.1 Å². The summed E-state index contributed by atoms with van der Waals surface area (Å²) in [4.78, 5) is 6.88. The summed E-state index contributed by atoms with van der Waals surface area (Å²) in [6, 6.07) is 7.56. The van der Waals surface area contributed by atoms with Crippen molar-refractivity contribution >= 4 is 10.0 Å². The van der Waals surface area contributed by atoms with Crippen LogP contribution in [0.2, 0.25) is 0 Å². The van der Waals surface area contributed by atoms with Crippen molar-refractivity contribution in [1.29, 1.82) is 0 Å². The summed E-state index contributed by atoms with van der Waals surface area (Å²) in [6.07, 6.45) is 2.02. The highest BCUT2D eigenvalue weighted by Gasteiger charge is 2.23. The van der Waals surface area contributed by atoms with Crippen LogP contribution >= 0.6 is 0 Å². The van der Waals surface area contributed by atoms with E-state index in [1.807, 2.05) is 31.2 Å². The minimum atomic E-state index is -3.58. The maximum absolute atomic E-state index is 12.5. The van der Waals surface area contributed by atoms with Gasteiger partial charge in [0.2, 0.25) is 0 Å². The Balaban J connectivity index is 2.24. The van der Waals surface area contributed by atoms with Crippen molar-refractivity contribution in [1.82, 2.24) is 14.3 Å². The van der Waals surface area contributed by atoms with Crippen LogP contribution in [0.5, 0.6) is 0 Å². The molecular formula is C14H20N4O2S. The summed E-state index contributed by atoms with van der Waals surface area (Å²) in [5.74, 6) is 0.657. The Kier molecular flexibility index (Phi) is 4.76. The summed E-state index contributed by atoms with van der Waals surface area (Å²) in [5, 5.41) is 0.118. The highest BCUT2D eigenvalue weighted by Crippen LogP contribution is 2.17. The molecular weight excluding hydrogens is 288 g/mol. The lowest BCUT2D eigenvalue weighted by Gasteiger charge is -2.17. The van der Waals surface area contributed by atoms with Gasteiger partial charge in [0.15, 0.2) is 5.03 Å². The van der Waals surface area contributed by atoms with Crippen LogP contribution in [0.3, 0.4) is 0 Å². The first-order valence-electron chi connectivity index (χ1n) is 6.76. The van der Waals surface area contributed by atoms with Crippen molar-refractivity contribution < 1.29 is 8.42 Å². The zero-order chi connectivity index (χ0) is 15.5. The van der Waals surface area contributed by atoms with Crippen LogP contribution in [0.1, 0.15) is 23.9 Å². The van der Waals surface area contributed by atoms with Gasteiger partial charge in [-0.05, 0) is 11.1 Å². The van der Waals surface area contributed by atoms with E-state index in [1.165, 1.54) is 10.5 Å². The van der Waals surface area contributed by atoms with E-state index in [1.54, 1.807) is 7.05 Å². The standard InChI is InChI=1S/C14H20N4O2S/c1-3-13-16-9-14(17-13)21(19,20)18(2)10-12-7-5-4-6-11(12)8-15/h4-7,9H,3,8,10,15H2,1-2H3,(H,16,17). The molecule has 21 heavy (non-hydrogen) atoms. The van der Waals surface area contributed by atoms with Gasteiger partial charge in [-0.2, -0.15) is 4.31 Å². The monoisotopic (exact) mass is 308 g/mol. The molecule has 0 aliphatic heterocycles. The molecule has 2 rings (SSSR count). The maximum Gasteiger partial charge on any atom is 0.260 e. The highest BCUT2D eigenvalue weighted by molar-refractivity contribution is 7.89. The minimum Gasteiger partial charge on any atom is -0.332 e. The number of aryl methyl sites for hydroxylation is 1. The van der Waals surface area contributed by atoms with Crippen molar-refractivity contribution in [3.63, 3.8) is 0 Å². The molecule has 0 saturated carbocycles. The smallest absolute Gasteiger partial charge is 0.260 e. The Bertz CT molecular complexity index is 709. The molecule has 114 valence electrons. The molecule has 0 aliphatic carbocycles. The average molecular weight is 308 g/mol. The number of nitrogens with one attached hydrogen (secondary N) is 1. The molecule has 1 heterocycles. The Labute approximate surface area is 125 Å². The number of imidazole rings is 1. The molecule has 0 atom stereocenters. The molecule has 1 aromatic heterocycles. The first-order valence-corrected chi connectivity index (χ1v) is 8.20. The molecule has 0 saturated heterocycles. The SMILES string of the molecule is CCc1ncc(S(=O)(=O)N(C)Cc2ccccc2CN)[nH]1. The van der Waals surface area contributed by atoms with Gasteiger partial charge in [-0.3, -0.25) is 0 Å². The van der Waals surface area contributed by atoms with Crippen LogP contribution in [0, 0.1) is 0 Å². The predicted molar refractivity (Wildman–Crippen MR) is 81.0 cm³/mol. The number of sulfonamides is 1. The molecule has 0 amide bonds. The van der Waals surface area contributed by atoms with Crippen molar-refractivity contribution in [2.24, 2.45) is 5.73 Å². The van der Waals surface area contributed by atoms with Crippen molar-refractivity contribution in [3.8, 4) is 0 Å². The molecule has 0 fully saturated rings. The van der Waals surface area contributed by atoms with Gasteiger partial charge < -0.3 is 10.7 Å². The van der Waals surface area contributed by atoms with E-state index in [2.05, 4.69) is 9.97 Å². The van der Waals surface area contributed by atoms with E-state index in [-0.39, 0.29) is 11.6 Å². The van der Waals surface area contributed by atoms with E-state index in [0.29, 0.717) is 18.8 Å². The first kappa shape index (κ1) is 15.7. The molecule has 0 bridgehead atoms. The maximum atomic E-state index is 12.5. The number of nitrogens with two attached hydrogens (primary N) is 1. The van der Waals surface area contributed by atoms with Crippen LogP contribution in [0.25, 0.3) is 0 Å². The molecule has 7 heteroatoms. The summed E-state index contributed by atoms with van der Waals surface area (Å²) < 4.78 is 26.3. The van der Waals surface area contributed by atoms with Gasteiger partial charge in [0.1, 0.15) is 5.82 Å². The number of benzene rings is 1. The largest absolute Gasteiger partial charge is 0.332 e. The Hall–Kier alpha value is -1.70. The number of nitrogens with zero attached hydrogens (tertiary/aromatic N) is 2. The first-order chi connectivity index (χ1) is 9.98. The number of hydrogen-bond acceptors (Lipinski definition) is 4. The fraction of sp³-hybridized carbons (Fsp3) is 0.357. The second-order valence-electron chi connectivity index (χ2n) is 4.78. The molecule has 0 aliphatic rings. The Morgan fingerprint density at radius 2 is 1.95 bits per heavy atom. The van der Waals surface area contributed by atoms with Gasteiger partial charge in [0.25, 0.3) is 10.0 Å². The average Bonchev–Trinajstić information content (AvgIpc) is 2.97. The molecule has 0 spiro atoms. The van der Waals surface area contributed by atoms with Gasteiger partial charge in [-0.25, -0.2) is 13.4 Å². The van der Waals surface area contributed by atoms with Crippen molar-refractivity contribution in [3.05, 3.63) is 47.4 Å². The van der Waals surface area contributed by atoms with E-state index in [4.69, 9.17) is 5.73 Å².